The number of allylic oxidation sites excluding steroid dienone is 2. The lowest BCUT2D eigenvalue weighted by atomic mass is 9.44. The molecule has 3 fully saturated rings. The number of fused-ring (bicyclic) bond motifs is 3. The van der Waals surface area contributed by atoms with E-state index in [4.69, 9.17) is 5.11 Å². The van der Waals surface area contributed by atoms with E-state index >= 15 is 0 Å². The fourth-order valence-corrected chi connectivity index (χ4v) is 6.67. The zero-order valence-electron chi connectivity index (χ0n) is 18.7. The number of carboxylic acids is 1. The average molecular weight is 440 g/mol. The van der Waals surface area contributed by atoms with E-state index in [0.717, 1.165) is 34.9 Å². The van der Waals surface area contributed by atoms with Gasteiger partial charge in [0.25, 0.3) is 5.91 Å². The average Bonchev–Trinajstić information content (AvgIpc) is 3.13. The number of rotatable bonds is 8. The molecular weight excluding hydrogens is 406 g/mol. The van der Waals surface area contributed by atoms with Crippen LogP contribution in [-0.4, -0.2) is 23.0 Å². The Morgan fingerprint density at radius 3 is 2.81 bits per heavy atom. The van der Waals surface area contributed by atoms with Gasteiger partial charge in [-0.15, -0.1) is 11.3 Å². The number of thiophene rings is 1. The molecule has 0 unspecified atom stereocenters. The van der Waals surface area contributed by atoms with Crippen LogP contribution in [-0.2, 0) is 4.79 Å². The molecule has 1 amide bonds. The van der Waals surface area contributed by atoms with E-state index in [-0.39, 0.29) is 18.4 Å². The van der Waals surface area contributed by atoms with Crippen molar-refractivity contribution in [3.8, 4) is 0 Å². The van der Waals surface area contributed by atoms with Gasteiger partial charge in [-0.05, 0) is 74.3 Å². The fraction of sp³-hybridized carbons (Fsp3) is 0.538. The molecule has 2 bridgehead atoms. The van der Waals surface area contributed by atoms with Crippen LogP contribution in [0.1, 0.15) is 68.3 Å². The summed E-state index contributed by atoms with van der Waals surface area (Å²) >= 11 is 1.63. The van der Waals surface area contributed by atoms with E-state index in [0.29, 0.717) is 29.6 Å². The summed E-state index contributed by atoms with van der Waals surface area (Å²) < 4.78 is 1.16. The van der Waals surface area contributed by atoms with Gasteiger partial charge in [-0.1, -0.05) is 37.6 Å². The number of amides is 1. The number of unbranched alkanes of at least 4 members (excludes halogenated alkanes) is 1. The van der Waals surface area contributed by atoms with Gasteiger partial charge in [0.05, 0.1) is 5.56 Å². The van der Waals surface area contributed by atoms with Crippen molar-refractivity contribution in [2.45, 2.75) is 65.3 Å². The van der Waals surface area contributed by atoms with Crippen LogP contribution in [0.3, 0.4) is 0 Å². The molecule has 3 saturated carbocycles. The second-order valence-electron chi connectivity index (χ2n) is 9.98. The van der Waals surface area contributed by atoms with E-state index in [1.807, 2.05) is 5.38 Å². The van der Waals surface area contributed by atoms with Crippen LogP contribution < -0.4 is 5.32 Å². The minimum atomic E-state index is -0.734. The molecule has 5 heteroatoms. The number of hydrogen-bond acceptors (Lipinski definition) is 3. The van der Waals surface area contributed by atoms with Crippen LogP contribution in [0.2, 0.25) is 0 Å². The van der Waals surface area contributed by atoms with Gasteiger partial charge in [-0.2, -0.15) is 0 Å². The maximum absolute atomic E-state index is 13.2. The largest absolute Gasteiger partial charge is 0.481 e. The van der Waals surface area contributed by atoms with Gasteiger partial charge in [-0.3, -0.25) is 9.59 Å². The van der Waals surface area contributed by atoms with Gasteiger partial charge in [-0.25, -0.2) is 0 Å². The molecule has 3 aliphatic carbocycles. The highest BCUT2D eigenvalue weighted by Crippen LogP contribution is 2.62. The molecule has 0 saturated heterocycles. The zero-order chi connectivity index (χ0) is 22.2. The van der Waals surface area contributed by atoms with Crippen molar-refractivity contribution in [3.63, 3.8) is 0 Å². The minimum Gasteiger partial charge on any atom is -0.481 e. The Kier molecular flexibility index (Phi) is 6.25. The number of aliphatic carboxylic acids is 1. The van der Waals surface area contributed by atoms with E-state index < -0.39 is 5.97 Å². The second-order valence-corrected chi connectivity index (χ2v) is 10.9. The smallest absolute Gasteiger partial charge is 0.303 e. The summed E-state index contributed by atoms with van der Waals surface area (Å²) in [6, 6.07) is 6.51. The van der Waals surface area contributed by atoms with Crippen molar-refractivity contribution in [1.29, 1.82) is 0 Å². The first-order valence-electron chi connectivity index (χ1n) is 11.4. The second kappa shape index (κ2) is 8.78. The number of carbonyl (C=O) groups is 2. The molecular formula is C26H33NO3S. The molecule has 0 radical (unpaired) electrons. The highest BCUT2D eigenvalue weighted by molar-refractivity contribution is 7.17. The van der Waals surface area contributed by atoms with Gasteiger partial charge < -0.3 is 10.4 Å². The normalized spacial score (nSPS) is 26.7. The predicted molar refractivity (Wildman–Crippen MR) is 127 cm³/mol. The summed E-state index contributed by atoms with van der Waals surface area (Å²) in [5.41, 5.74) is 2.31. The monoisotopic (exact) mass is 439 g/mol. The molecule has 2 aromatic rings. The van der Waals surface area contributed by atoms with Crippen molar-refractivity contribution in [1.82, 2.24) is 5.32 Å². The van der Waals surface area contributed by atoms with Gasteiger partial charge in [0.1, 0.15) is 0 Å². The van der Waals surface area contributed by atoms with Crippen LogP contribution in [0.15, 0.2) is 35.7 Å². The Balaban J connectivity index is 1.45. The van der Waals surface area contributed by atoms with Gasteiger partial charge in [0.2, 0.25) is 0 Å². The topological polar surface area (TPSA) is 66.4 Å². The van der Waals surface area contributed by atoms with Crippen LogP contribution in [0.25, 0.3) is 10.1 Å². The van der Waals surface area contributed by atoms with E-state index in [9.17, 15) is 9.59 Å². The van der Waals surface area contributed by atoms with Crippen molar-refractivity contribution in [3.05, 3.63) is 46.9 Å². The van der Waals surface area contributed by atoms with Gasteiger partial charge in [0.15, 0.2) is 0 Å². The summed E-state index contributed by atoms with van der Waals surface area (Å²) in [4.78, 5) is 23.9. The Bertz CT molecular complexity index is 1010. The quantitative estimate of drug-likeness (QED) is 0.381. The fourth-order valence-electron chi connectivity index (χ4n) is 5.75. The molecule has 3 aliphatic rings. The molecule has 4 nitrogen and oxygen atoms in total. The Labute approximate surface area is 188 Å². The van der Waals surface area contributed by atoms with Crippen molar-refractivity contribution >= 4 is 33.3 Å². The van der Waals surface area contributed by atoms with E-state index in [2.05, 4.69) is 56.4 Å². The number of carboxylic acid groups (broad SMARTS) is 1. The highest BCUT2D eigenvalue weighted by Gasteiger charge is 2.57. The van der Waals surface area contributed by atoms with Crippen LogP contribution in [0, 0.1) is 30.1 Å². The lowest BCUT2D eigenvalue weighted by Gasteiger charge is -2.62. The van der Waals surface area contributed by atoms with Gasteiger partial charge in [0, 0.05) is 27.9 Å². The van der Waals surface area contributed by atoms with E-state index in [1.54, 1.807) is 11.3 Å². The standard InChI is InChI=1S/C26H33NO3S/c1-16-10-11-23-19(12-16)20(15-31-23)25(30)27-22-14-17-13-21(26(17,2)3)18(22)8-6-4-5-7-9-24(28)29/h4,6,10-12,15,17-18,21-22H,5,7-9,13-14H2,1-3H3,(H,27,30)(H,28,29)/b6-4-/t17-,18-,21+,22+/m0/s1. The van der Waals surface area contributed by atoms with E-state index in [1.165, 1.54) is 12.0 Å². The molecule has 4 atom stereocenters. The summed E-state index contributed by atoms with van der Waals surface area (Å²) in [6.07, 6.45) is 9.29. The lowest BCUT2D eigenvalue weighted by molar-refractivity contribution is -0.137. The summed E-state index contributed by atoms with van der Waals surface area (Å²) in [5, 5.41) is 15.2. The first-order chi connectivity index (χ1) is 14.8. The summed E-state index contributed by atoms with van der Waals surface area (Å²) in [7, 11) is 0. The number of aryl methyl sites for hydroxylation is 1. The third-order valence-electron chi connectivity index (χ3n) is 7.74. The number of benzene rings is 1. The van der Waals surface area contributed by atoms with Crippen LogP contribution in [0.5, 0.6) is 0 Å². The number of hydrogen-bond donors (Lipinski definition) is 2. The van der Waals surface area contributed by atoms with Crippen molar-refractivity contribution in [2.24, 2.45) is 23.2 Å². The van der Waals surface area contributed by atoms with Crippen molar-refractivity contribution in [2.75, 3.05) is 0 Å². The molecule has 2 N–H and O–H groups in total. The number of carbonyl (C=O) groups excluding carboxylic acids is 1. The third-order valence-corrected chi connectivity index (χ3v) is 8.71. The Morgan fingerprint density at radius 1 is 1.26 bits per heavy atom. The molecule has 31 heavy (non-hydrogen) atoms. The minimum absolute atomic E-state index is 0.0522. The molecule has 1 aromatic heterocycles. The predicted octanol–water partition coefficient (Wildman–Crippen LogP) is 6.19. The Hall–Kier alpha value is -2.14. The summed E-state index contributed by atoms with van der Waals surface area (Å²) in [6.45, 7) is 6.82. The van der Waals surface area contributed by atoms with Gasteiger partial charge >= 0.3 is 5.97 Å². The Morgan fingerprint density at radius 2 is 2.06 bits per heavy atom. The molecule has 5 rings (SSSR count). The SMILES string of the molecule is Cc1ccc2scc(C(=O)N[C@@H]3C[C@@H]4C[C@H]([C@@H]3C/C=C\CCCC(=O)O)C4(C)C)c2c1. The lowest BCUT2D eigenvalue weighted by Crippen LogP contribution is -2.61. The molecule has 0 spiro atoms. The highest BCUT2D eigenvalue weighted by atomic mass is 32.1. The third kappa shape index (κ3) is 4.43. The molecule has 166 valence electrons. The molecule has 1 heterocycles. The zero-order valence-corrected chi connectivity index (χ0v) is 19.5. The molecule has 0 aliphatic heterocycles. The first kappa shape index (κ1) is 22.1. The maximum atomic E-state index is 13.2. The number of nitrogens with one attached hydrogen (secondary N) is 1. The summed E-state index contributed by atoms with van der Waals surface area (Å²) in [5.74, 6) is 1.06. The molecule has 1 aromatic carbocycles. The maximum Gasteiger partial charge on any atom is 0.303 e. The van der Waals surface area contributed by atoms with Crippen LogP contribution in [0.4, 0.5) is 0 Å². The van der Waals surface area contributed by atoms with Crippen molar-refractivity contribution < 1.29 is 14.7 Å². The van der Waals surface area contributed by atoms with Crippen LogP contribution >= 0.6 is 11.3 Å². The first-order valence-corrected chi connectivity index (χ1v) is 12.3.